The van der Waals surface area contributed by atoms with E-state index in [0.29, 0.717) is 0 Å². The number of hydrogen-bond donors (Lipinski definition) is 2. The Labute approximate surface area is 183 Å². The van der Waals surface area contributed by atoms with E-state index in [0.717, 1.165) is 52.2 Å². The zero-order chi connectivity index (χ0) is 22.3. The van der Waals surface area contributed by atoms with Gasteiger partial charge in [-0.1, -0.05) is 30.3 Å². The number of aryl methyl sites for hydroxylation is 4. The van der Waals surface area contributed by atoms with Crippen LogP contribution in [-0.4, -0.2) is 41.2 Å². The second-order valence-electron chi connectivity index (χ2n) is 8.93. The molecule has 0 saturated carbocycles. The number of amides is 3. The third-order valence-electron chi connectivity index (χ3n) is 6.64. The van der Waals surface area contributed by atoms with Gasteiger partial charge in [-0.2, -0.15) is 0 Å². The molecule has 2 aliphatic rings. The predicted molar refractivity (Wildman–Crippen MR) is 118 cm³/mol. The van der Waals surface area contributed by atoms with Crippen LogP contribution in [-0.2, 0) is 23.2 Å². The van der Waals surface area contributed by atoms with Crippen molar-refractivity contribution in [3.05, 3.63) is 63.7 Å². The first-order valence-corrected chi connectivity index (χ1v) is 10.8. The molecule has 2 atom stereocenters. The molecule has 0 unspecified atom stereocenters. The molecule has 31 heavy (non-hydrogen) atoms. The van der Waals surface area contributed by atoms with Crippen molar-refractivity contribution >= 4 is 11.9 Å². The zero-order valence-electron chi connectivity index (χ0n) is 18.6. The molecule has 3 amide bonds. The second kappa shape index (κ2) is 8.00. The van der Waals surface area contributed by atoms with E-state index in [4.69, 9.17) is 4.74 Å². The van der Waals surface area contributed by atoms with Gasteiger partial charge in [0.1, 0.15) is 24.0 Å². The van der Waals surface area contributed by atoms with Crippen LogP contribution in [0.15, 0.2) is 30.3 Å². The highest BCUT2D eigenvalue weighted by molar-refractivity contribution is 6.07. The molecule has 2 aromatic rings. The molecule has 0 radical (unpaired) electrons. The number of fused-ring (bicyclic) bond motifs is 1. The Hall–Kier alpha value is -2.86. The predicted octanol–water partition coefficient (Wildman–Crippen LogP) is 3.31. The number of β-amino-alcohol motifs (C(OH)–C–C–N with tert-alkyl or cyclic N) is 1. The Morgan fingerprint density at radius 2 is 1.81 bits per heavy atom. The molecule has 1 aliphatic heterocycles. The molecule has 164 valence electrons. The van der Waals surface area contributed by atoms with Crippen LogP contribution in [0.4, 0.5) is 4.79 Å². The largest absolute Gasteiger partial charge is 0.490 e. The highest BCUT2D eigenvalue weighted by Crippen LogP contribution is 2.33. The minimum atomic E-state index is -1.13. The number of carbonyl (C=O) groups excluding carboxylic acids is 2. The van der Waals surface area contributed by atoms with E-state index < -0.39 is 17.7 Å². The summed E-state index contributed by atoms with van der Waals surface area (Å²) in [6.07, 6.45) is 2.19. The summed E-state index contributed by atoms with van der Waals surface area (Å²) in [6.45, 7) is 7.54. The molecule has 1 aliphatic carbocycles. The molecular weight excluding hydrogens is 392 g/mol. The number of aliphatic hydroxyl groups excluding tert-OH is 1. The van der Waals surface area contributed by atoms with E-state index in [1.807, 2.05) is 45.0 Å². The van der Waals surface area contributed by atoms with Gasteiger partial charge in [-0.25, -0.2) is 4.79 Å². The van der Waals surface area contributed by atoms with Crippen LogP contribution in [0.2, 0.25) is 0 Å². The number of carbonyl (C=O) groups is 2. The molecule has 0 bridgehead atoms. The number of rotatable bonds is 6. The van der Waals surface area contributed by atoms with Gasteiger partial charge in [0.05, 0.1) is 6.54 Å². The second-order valence-corrected chi connectivity index (χ2v) is 8.93. The number of imide groups is 1. The molecule has 2 aromatic carbocycles. The van der Waals surface area contributed by atoms with Gasteiger partial charge in [-0.15, -0.1) is 0 Å². The summed E-state index contributed by atoms with van der Waals surface area (Å²) in [4.78, 5) is 26.9. The molecule has 1 saturated heterocycles. The maximum Gasteiger partial charge on any atom is 0.325 e. The van der Waals surface area contributed by atoms with E-state index >= 15 is 0 Å². The first kappa shape index (κ1) is 21.4. The average Bonchev–Trinajstić information content (AvgIpc) is 3.29. The average molecular weight is 423 g/mol. The van der Waals surface area contributed by atoms with Crippen molar-refractivity contribution in [3.63, 3.8) is 0 Å². The van der Waals surface area contributed by atoms with Gasteiger partial charge in [0.2, 0.25) is 0 Å². The van der Waals surface area contributed by atoms with Crippen molar-refractivity contribution < 1.29 is 19.4 Å². The van der Waals surface area contributed by atoms with E-state index in [1.165, 1.54) is 11.1 Å². The van der Waals surface area contributed by atoms with Crippen LogP contribution in [0.3, 0.4) is 0 Å². The van der Waals surface area contributed by atoms with E-state index in [-0.39, 0.29) is 19.1 Å². The summed E-state index contributed by atoms with van der Waals surface area (Å²) in [5.74, 6) is 0.386. The molecule has 0 aromatic heterocycles. The van der Waals surface area contributed by atoms with Crippen molar-refractivity contribution in [1.82, 2.24) is 10.2 Å². The van der Waals surface area contributed by atoms with Gasteiger partial charge in [-0.05, 0) is 80.3 Å². The quantitative estimate of drug-likeness (QED) is 0.700. The van der Waals surface area contributed by atoms with Gasteiger partial charge in [0.25, 0.3) is 5.91 Å². The number of urea groups is 1. The summed E-state index contributed by atoms with van der Waals surface area (Å²) >= 11 is 0. The van der Waals surface area contributed by atoms with Gasteiger partial charge in [-0.3, -0.25) is 9.69 Å². The Balaban J connectivity index is 1.45. The zero-order valence-corrected chi connectivity index (χ0v) is 18.6. The minimum absolute atomic E-state index is 0.00223. The lowest BCUT2D eigenvalue weighted by molar-refractivity contribution is -0.132. The van der Waals surface area contributed by atoms with Crippen molar-refractivity contribution in [3.8, 4) is 5.75 Å². The maximum absolute atomic E-state index is 13.2. The normalized spacial score (nSPS) is 21.3. The number of aliphatic hydroxyl groups is 1. The lowest BCUT2D eigenvalue weighted by atomic mass is 9.89. The fourth-order valence-electron chi connectivity index (χ4n) is 4.53. The molecule has 1 fully saturated rings. The van der Waals surface area contributed by atoms with Gasteiger partial charge < -0.3 is 15.2 Å². The van der Waals surface area contributed by atoms with Crippen LogP contribution in [0.1, 0.15) is 46.7 Å². The number of nitrogens with one attached hydrogen (secondary N) is 1. The van der Waals surface area contributed by atoms with Crippen LogP contribution in [0, 0.1) is 20.8 Å². The third-order valence-corrected chi connectivity index (χ3v) is 6.64. The number of hydrogen-bond acceptors (Lipinski definition) is 4. The van der Waals surface area contributed by atoms with Crippen LogP contribution in [0.5, 0.6) is 5.75 Å². The number of ether oxygens (including phenoxy) is 1. The SMILES string of the molecule is Cc1ccc(C)c(OC[C@H](O)CN2C(=O)N[C@](C)(c3ccc4c(c3)CCC4)C2=O)c1C. The summed E-state index contributed by atoms with van der Waals surface area (Å²) in [5.41, 5.74) is 5.33. The van der Waals surface area contributed by atoms with Crippen molar-refractivity contribution in [1.29, 1.82) is 0 Å². The monoisotopic (exact) mass is 422 g/mol. The first-order chi connectivity index (χ1) is 14.7. The summed E-state index contributed by atoms with van der Waals surface area (Å²) in [6, 6.07) is 9.53. The topological polar surface area (TPSA) is 78.9 Å². The van der Waals surface area contributed by atoms with Gasteiger partial charge in [0, 0.05) is 0 Å². The Morgan fingerprint density at radius 3 is 2.58 bits per heavy atom. The molecule has 1 heterocycles. The minimum Gasteiger partial charge on any atom is -0.490 e. The van der Waals surface area contributed by atoms with Gasteiger partial charge >= 0.3 is 6.03 Å². The molecular formula is C25H30N2O4. The smallest absolute Gasteiger partial charge is 0.325 e. The Bertz CT molecular complexity index is 1050. The lowest BCUT2D eigenvalue weighted by Gasteiger charge is -2.24. The maximum atomic E-state index is 13.2. The number of benzene rings is 2. The fraction of sp³-hybridized carbons (Fsp3) is 0.440. The molecule has 4 rings (SSSR count). The van der Waals surface area contributed by atoms with E-state index in [2.05, 4.69) is 11.4 Å². The van der Waals surface area contributed by atoms with Crippen LogP contribution < -0.4 is 10.1 Å². The fourth-order valence-corrected chi connectivity index (χ4v) is 4.53. The highest BCUT2D eigenvalue weighted by atomic mass is 16.5. The number of nitrogens with zero attached hydrogens (tertiary/aromatic N) is 1. The van der Waals surface area contributed by atoms with Crippen LogP contribution >= 0.6 is 0 Å². The van der Waals surface area contributed by atoms with E-state index in [1.54, 1.807) is 6.92 Å². The third kappa shape index (κ3) is 3.81. The van der Waals surface area contributed by atoms with Crippen molar-refractivity contribution in [2.24, 2.45) is 0 Å². The standard InChI is InChI=1S/C25H30N2O4/c1-15-8-9-16(2)22(17(15)3)31-14-21(28)13-27-23(29)25(4,26-24(27)30)20-11-10-18-6-5-7-19(18)12-20/h8-12,21,28H,5-7,13-14H2,1-4H3,(H,26,30)/t21-,25-/m1/s1. The lowest BCUT2D eigenvalue weighted by Crippen LogP contribution is -2.42. The van der Waals surface area contributed by atoms with Crippen LogP contribution in [0.25, 0.3) is 0 Å². The summed E-state index contributed by atoms with van der Waals surface area (Å²) in [7, 11) is 0. The Kier molecular flexibility index (Phi) is 5.52. The molecule has 2 N–H and O–H groups in total. The molecule has 0 spiro atoms. The molecule has 6 nitrogen and oxygen atoms in total. The van der Waals surface area contributed by atoms with Crippen molar-refractivity contribution in [2.45, 2.75) is 58.6 Å². The summed E-state index contributed by atoms with van der Waals surface area (Å²) in [5, 5.41) is 13.4. The van der Waals surface area contributed by atoms with Gasteiger partial charge in [0.15, 0.2) is 0 Å². The molecule has 6 heteroatoms. The highest BCUT2D eigenvalue weighted by Gasteiger charge is 2.49. The summed E-state index contributed by atoms with van der Waals surface area (Å²) < 4.78 is 5.86. The Morgan fingerprint density at radius 1 is 1.10 bits per heavy atom. The first-order valence-electron chi connectivity index (χ1n) is 10.8. The van der Waals surface area contributed by atoms with Crippen molar-refractivity contribution in [2.75, 3.05) is 13.2 Å². The van der Waals surface area contributed by atoms with E-state index in [9.17, 15) is 14.7 Å².